The third-order valence-corrected chi connectivity index (χ3v) is 3.70. The molecule has 0 aromatic carbocycles. The molecule has 1 N–H and O–H groups in total. The van der Waals surface area contributed by atoms with Gasteiger partial charge in [0, 0.05) is 30.8 Å². The molecular weight excluding hydrogens is 228 g/mol. The molecule has 0 atom stereocenters. The second-order valence-electron chi connectivity index (χ2n) is 4.73. The number of aromatic amines is 1. The van der Waals surface area contributed by atoms with Gasteiger partial charge in [0.15, 0.2) is 0 Å². The van der Waals surface area contributed by atoms with E-state index in [1.807, 2.05) is 18.7 Å². The van der Waals surface area contributed by atoms with Gasteiger partial charge in [-0.2, -0.15) is 0 Å². The molecule has 0 aliphatic carbocycles. The normalized spacial score (nSPS) is 17.8. The molecule has 0 bridgehead atoms. The fourth-order valence-electron chi connectivity index (χ4n) is 2.77. The van der Waals surface area contributed by atoms with Gasteiger partial charge in [0.1, 0.15) is 11.2 Å². The Labute approximate surface area is 104 Å². The lowest BCUT2D eigenvalue weighted by Gasteiger charge is -2.24. The summed E-state index contributed by atoms with van der Waals surface area (Å²) >= 11 is 0. The van der Waals surface area contributed by atoms with Gasteiger partial charge in [-0.1, -0.05) is 0 Å². The van der Waals surface area contributed by atoms with E-state index in [4.69, 9.17) is 4.74 Å². The van der Waals surface area contributed by atoms with Crippen LogP contribution in [0.3, 0.4) is 0 Å². The molecule has 5 heteroatoms. The van der Waals surface area contributed by atoms with E-state index in [0.717, 1.165) is 42.6 Å². The molecule has 1 saturated heterocycles. The highest BCUT2D eigenvalue weighted by molar-refractivity contribution is 6.00. The first kappa shape index (κ1) is 10.1. The highest BCUT2D eigenvalue weighted by Gasteiger charge is 2.19. The first-order chi connectivity index (χ1) is 8.93. The summed E-state index contributed by atoms with van der Waals surface area (Å²) < 4.78 is 7.72. The van der Waals surface area contributed by atoms with Crippen LogP contribution in [0.4, 0.5) is 0 Å². The Hall–Kier alpha value is -1.88. The van der Waals surface area contributed by atoms with Gasteiger partial charge in [0.2, 0.25) is 0 Å². The second kappa shape index (κ2) is 3.81. The highest BCUT2D eigenvalue weighted by atomic mass is 16.5. The van der Waals surface area contributed by atoms with E-state index in [1.165, 1.54) is 5.52 Å². The second-order valence-corrected chi connectivity index (χ2v) is 4.73. The zero-order chi connectivity index (χ0) is 11.9. The summed E-state index contributed by atoms with van der Waals surface area (Å²) in [6.07, 6.45) is 7.82. The average Bonchev–Trinajstić information content (AvgIpc) is 3.05. The van der Waals surface area contributed by atoms with Crippen molar-refractivity contribution in [3.05, 3.63) is 24.8 Å². The topological polar surface area (TPSA) is 55.7 Å². The van der Waals surface area contributed by atoms with Gasteiger partial charge in [-0.25, -0.2) is 9.97 Å². The van der Waals surface area contributed by atoms with Crippen molar-refractivity contribution in [2.75, 3.05) is 13.2 Å². The van der Waals surface area contributed by atoms with Crippen LogP contribution in [0.25, 0.3) is 22.1 Å². The third-order valence-electron chi connectivity index (χ3n) is 3.70. The number of imidazole rings is 1. The lowest BCUT2D eigenvalue weighted by atomic mass is 10.1. The molecule has 1 aliphatic rings. The highest BCUT2D eigenvalue weighted by Crippen LogP contribution is 2.29. The van der Waals surface area contributed by atoms with E-state index < -0.39 is 0 Å². The Morgan fingerprint density at radius 3 is 3.06 bits per heavy atom. The van der Waals surface area contributed by atoms with E-state index in [9.17, 15) is 0 Å². The van der Waals surface area contributed by atoms with Gasteiger partial charge >= 0.3 is 0 Å². The summed E-state index contributed by atoms with van der Waals surface area (Å²) in [5.74, 6) is 0. The standard InChI is InChI=1S/C13H14N4O/c1-4-14-13-10(1)12-11(7-15-13)16-8-17(12)9-2-5-18-6-3-9/h1,4,7-9H,2-3,5-6H2,(H,14,15). The van der Waals surface area contributed by atoms with Crippen LogP contribution in [0.15, 0.2) is 24.8 Å². The predicted molar refractivity (Wildman–Crippen MR) is 68.5 cm³/mol. The fraction of sp³-hybridized carbons (Fsp3) is 0.385. The molecule has 1 aliphatic heterocycles. The number of hydrogen-bond acceptors (Lipinski definition) is 3. The maximum absolute atomic E-state index is 5.43. The number of aromatic nitrogens is 4. The van der Waals surface area contributed by atoms with Crippen LogP contribution in [-0.2, 0) is 4.74 Å². The average molecular weight is 242 g/mol. The molecule has 3 aromatic rings. The van der Waals surface area contributed by atoms with E-state index in [-0.39, 0.29) is 0 Å². The summed E-state index contributed by atoms with van der Waals surface area (Å²) in [4.78, 5) is 12.0. The van der Waals surface area contributed by atoms with Crippen LogP contribution >= 0.6 is 0 Å². The van der Waals surface area contributed by atoms with E-state index in [1.54, 1.807) is 0 Å². The molecular formula is C13H14N4O. The number of nitrogens with zero attached hydrogens (tertiary/aromatic N) is 3. The van der Waals surface area contributed by atoms with Crippen molar-refractivity contribution in [1.82, 2.24) is 19.5 Å². The van der Waals surface area contributed by atoms with Crippen molar-refractivity contribution >= 4 is 22.1 Å². The van der Waals surface area contributed by atoms with Crippen LogP contribution in [0, 0.1) is 0 Å². The van der Waals surface area contributed by atoms with Crippen LogP contribution in [-0.4, -0.2) is 32.7 Å². The monoisotopic (exact) mass is 242 g/mol. The molecule has 4 heterocycles. The number of fused-ring (bicyclic) bond motifs is 3. The molecule has 0 amide bonds. The van der Waals surface area contributed by atoms with Crippen LogP contribution in [0.5, 0.6) is 0 Å². The zero-order valence-electron chi connectivity index (χ0n) is 9.97. The van der Waals surface area contributed by atoms with Gasteiger partial charge < -0.3 is 14.3 Å². The lowest BCUT2D eigenvalue weighted by molar-refractivity contribution is 0.0706. The largest absolute Gasteiger partial charge is 0.381 e. The quantitative estimate of drug-likeness (QED) is 0.712. The van der Waals surface area contributed by atoms with Crippen molar-refractivity contribution in [3.8, 4) is 0 Å². The molecule has 1 fully saturated rings. The number of H-pyrrole nitrogens is 1. The number of ether oxygens (including phenoxy) is 1. The van der Waals surface area contributed by atoms with E-state index in [2.05, 4.69) is 25.6 Å². The van der Waals surface area contributed by atoms with Crippen molar-refractivity contribution in [3.63, 3.8) is 0 Å². The van der Waals surface area contributed by atoms with Gasteiger partial charge in [-0.3, -0.25) is 0 Å². The smallest absolute Gasteiger partial charge is 0.139 e. The van der Waals surface area contributed by atoms with Crippen LogP contribution in [0.2, 0.25) is 0 Å². The van der Waals surface area contributed by atoms with Gasteiger partial charge in [0.25, 0.3) is 0 Å². The minimum absolute atomic E-state index is 0.490. The van der Waals surface area contributed by atoms with E-state index >= 15 is 0 Å². The summed E-state index contributed by atoms with van der Waals surface area (Å²) in [7, 11) is 0. The lowest BCUT2D eigenvalue weighted by Crippen LogP contribution is -2.18. The summed E-state index contributed by atoms with van der Waals surface area (Å²) in [5.41, 5.74) is 3.08. The molecule has 4 rings (SSSR count). The summed E-state index contributed by atoms with van der Waals surface area (Å²) in [6.45, 7) is 1.68. The third kappa shape index (κ3) is 1.37. The zero-order valence-corrected chi connectivity index (χ0v) is 9.97. The van der Waals surface area contributed by atoms with Crippen LogP contribution < -0.4 is 0 Å². The molecule has 5 nitrogen and oxygen atoms in total. The minimum Gasteiger partial charge on any atom is -0.381 e. The Balaban J connectivity index is 1.96. The van der Waals surface area contributed by atoms with Crippen molar-refractivity contribution in [1.29, 1.82) is 0 Å². The number of rotatable bonds is 1. The SMILES string of the molecule is c1cc2c(ncc3ncn(C4CCOCC4)c32)[nH]1. The van der Waals surface area contributed by atoms with Gasteiger partial charge in [-0.05, 0) is 18.9 Å². The number of nitrogens with one attached hydrogen (secondary N) is 1. The molecule has 0 unspecified atom stereocenters. The maximum Gasteiger partial charge on any atom is 0.139 e. The molecule has 18 heavy (non-hydrogen) atoms. The minimum atomic E-state index is 0.490. The molecule has 0 spiro atoms. The Bertz CT molecular complexity index is 693. The Morgan fingerprint density at radius 2 is 2.17 bits per heavy atom. The Kier molecular flexibility index (Phi) is 2.14. The van der Waals surface area contributed by atoms with Crippen LogP contribution in [0.1, 0.15) is 18.9 Å². The molecule has 92 valence electrons. The fourth-order valence-corrected chi connectivity index (χ4v) is 2.77. The number of pyridine rings is 1. The summed E-state index contributed by atoms with van der Waals surface area (Å²) in [6, 6.07) is 2.56. The van der Waals surface area contributed by atoms with E-state index in [0.29, 0.717) is 6.04 Å². The Morgan fingerprint density at radius 1 is 1.28 bits per heavy atom. The van der Waals surface area contributed by atoms with Crippen molar-refractivity contribution in [2.45, 2.75) is 18.9 Å². The molecule has 3 aromatic heterocycles. The number of hydrogen-bond donors (Lipinski definition) is 1. The first-order valence-electron chi connectivity index (χ1n) is 6.30. The summed E-state index contributed by atoms with van der Waals surface area (Å²) in [5, 5.41) is 1.15. The van der Waals surface area contributed by atoms with Crippen molar-refractivity contribution < 1.29 is 4.74 Å². The first-order valence-corrected chi connectivity index (χ1v) is 6.30. The van der Waals surface area contributed by atoms with Gasteiger partial charge in [-0.15, -0.1) is 0 Å². The van der Waals surface area contributed by atoms with Crippen molar-refractivity contribution in [2.24, 2.45) is 0 Å². The maximum atomic E-state index is 5.43. The molecule has 0 radical (unpaired) electrons. The predicted octanol–water partition coefficient (Wildman–Crippen LogP) is 2.26. The van der Waals surface area contributed by atoms with Gasteiger partial charge in [0.05, 0.1) is 18.0 Å². The molecule has 0 saturated carbocycles.